The summed E-state index contributed by atoms with van der Waals surface area (Å²) in [6.07, 6.45) is 2.80. The number of rotatable bonds is 4. The van der Waals surface area contributed by atoms with Gasteiger partial charge in [-0.05, 0) is 68.7 Å². The van der Waals surface area contributed by atoms with Gasteiger partial charge in [-0.25, -0.2) is 0 Å². The summed E-state index contributed by atoms with van der Waals surface area (Å²) in [5.41, 5.74) is 2.17. The van der Waals surface area contributed by atoms with Gasteiger partial charge in [0.25, 0.3) is 5.91 Å². The molecular weight excluding hydrogens is 564 g/mol. The maximum absolute atomic E-state index is 14.3. The monoisotopic (exact) mass is 602 g/mol. The molecule has 3 fully saturated rings. The van der Waals surface area contributed by atoms with Gasteiger partial charge in [-0.2, -0.15) is 5.10 Å². The molecule has 3 aliphatic rings. The summed E-state index contributed by atoms with van der Waals surface area (Å²) >= 11 is 1.65. The molecule has 5 heterocycles. The number of H-pyrrole nitrogens is 1. The molecule has 2 aromatic heterocycles. The number of hydrogen-bond acceptors (Lipinski definition) is 6. The Balaban J connectivity index is 1.23. The standard InChI is InChI=1S/C32H38N6O4S/c1-19-11-12-28(43-19)24-15-26(36-35-24)31(41)37-16-22-13-23(18-37)27-9-6-10-29(39)33-20(2)30(40)34-25(32(42)38(27)17-22)14-21-7-4-3-5-8-21/h3-5,7-8,11-12,15,20,22-23,25,27H,6,9-10,13-14,16-18H2,1-2H3,(H,33,39)(H,34,40)(H,35,36)/t20-,22+,23-,25+,27+/m1/s1. The molecule has 0 unspecified atom stereocenters. The number of fused-ring (bicyclic) bond motifs is 4. The topological polar surface area (TPSA) is 128 Å². The Morgan fingerprint density at radius 3 is 2.63 bits per heavy atom. The average molecular weight is 603 g/mol. The highest BCUT2D eigenvalue weighted by atomic mass is 32.1. The molecule has 1 aromatic carbocycles. The molecule has 0 aliphatic carbocycles. The molecule has 0 spiro atoms. The second-order valence-corrected chi connectivity index (χ2v) is 13.4. The van der Waals surface area contributed by atoms with Gasteiger partial charge in [-0.3, -0.25) is 24.3 Å². The number of carbonyl (C=O) groups excluding carboxylic acids is 4. The van der Waals surface area contributed by atoms with Gasteiger partial charge in [0, 0.05) is 43.4 Å². The van der Waals surface area contributed by atoms with Crippen molar-refractivity contribution in [1.29, 1.82) is 0 Å². The first kappa shape index (κ1) is 29.1. The van der Waals surface area contributed by atoms with Crippen LogP contribution in [-0.2, 0) is 20.8 Å². The average Bonchev–Trinajstić information content (AvgIpc) is 3.66. The van der Waals surface area contributed by atoms with E-state index in [1.165, 1.54) is 4.88 Å². The van der Waals surface area contributed by atoms with Crippen molar-refractivity contribution in [2.75, 3.05) is 19.6 Å². The lowest BCUT2D eigenvalue weighted by atomic mass is 9.77. The number of aromatic amines is 1. The van der Waals surface area contributed by atoms with Crippen molar-refractivity contribution in [3.8, 4) is 10.6 Å². The third-order valence-electron chi connectivity index (χ3n) is 8.91. The van der Waals surface area contributed by atoms with Gasteiger partial charge in [-0.1, -0.05) is 30.3 Å². The summed E-state index contributed by atoms with van der Waals surface area (Å²) < 4.78 is 0. The predicted molar refractivity (Wildman–Crippen MR) is 163 cm³/mol. The van der Waals surface area contributed by atoms with E-state index in [0.29, 0.717) is 44.6 Å². The minimum absolute atomic E-state index is 0.0664. The van der Waals surface area contributed by atoms with Gasteiger partial charge in [0.15, 0.2) is 5.69 Å². The van der Waals surface area contributed by atoms with Gasteiger partial charge < -0.3 is 20.4 Å². The molecule has 3 aliphatic heterocycles. The van der Waals surface area contributed by atoms with Gasteiger partial charge in [0.2, 0.25) is 17.7 Å². The molecule has 11 heteroatoms. The molecule has 2 bridgehead atoms. The number of likely N-dealkylation sites (tertiary alicyclic amines) is 1. The quantitative estimate of drug-likeness (QED) is 0.423. The highest BCUT2D eigenvalue weighted by Gasteiger charge is 2.45. The predicted octanol–water partition coefficient (Wildman–Crippen LogP) is 3.15. The van der Waals surface area contributed by atoms with Crippen molar-refractivity contribution in [3.05, 3.63) is 64.7 Å². The lowest BCUT2D eigenvalue weighted by Gasteiger charge is -2.51. The Morgan fingerprint density at radius 2 is 1.86 bits per heavy atom. The first-order chi connectivity index (χ1) is 20.7. The summed E-state index contributed by atoms with van der Waals surface area (Å²) in [4.78, 5) is 59.7. The third-order valence-corrected chi connectivity index (χ3v) is 9.95. The van der Waals surface area contributed by atoms with Crippen LogP contribution in [0.2, 0.25) is 0 Å². The van der Waals surface area contributed by atoms with Crippen LogP contribution in [0.5, 0.6) is 0 Å². The molecule has 3 N–H and O–H groups in total. The van der Waals surface area contributed by atoms with Gasteiger partial charge >= 0.3 is 0 Å². The van der Waals surface area contributed by atoms with Crippen molar-refractivity contribution in [2.24, 2.45) is 11.8 Å². The van der Waals surface area contributed by atoms with Crippen LogP contribution in [0.4, 0.5) is 0 Å². The van der Waals surface area contributed by atoms with Crippen LogP contribution in [0.25, 0.3) is 10.6 Å². The molecular formula is C32H38N6O4S. The van der Waals surface area contributed by atoms with Crippen LogP contribution < -0.4 is 10.6 Å². The van der Waals surface area contributed by atoms with Crippen LogP contribution in [0.15, 0.2) is 48.5 Å². The minimum Gasteiger partial charge on any atom is -0.345 e. The zero-order chi connectivity index (χ0) is 30.1. The first-order valence-electron chi connectivity index (χ1n) is 15.1. The summed E-state index contributed by atoms with van der Waals surface area (Å²) in [6, 6.07) is 13.9. The van der Waals surface area contributed by atoms with Crippen LogP contribution in [0.3, 0.4) is 0 Å². The lowest BCUT2D eigenvalue weighted by molar-refractivity contribution is -0.145. The third kappa shape index (κ3) is 6.36. The number of aromatic nitrogens is 2. The Hall–Kier alpha value is -3.99. The highest BCUT2D eigenvalue weighted by Crippen LogP contribution is 2.37. The van der Waals surface area contributed by atoms with Crippen molar-refractivity contribution in [1.82, 2.24) is 30.6 Å². The number of carbonyl (C=O) groups is 4. The summed E-state index contributed by atoms with van der Waals surface area (Å²) in [5, 5.41) is 13.1. The number of thiophene rings is 1. The van der Waals surface area contributed by atoms with E-state index in [9.17, 15) is 19.2 Å². The first-order valence-corrected chi connectivity index (χ1v) is 15.9. The number of aryl methyl sites for hydroxylation is 1. The maximum atomic E-state index is 14.3. The Morgan fingerprint density at radius 1 is 1.05 bits per heavy atom. The molecule has 4 amide bonds. The van der Waals surface area contributed by atoms with Crippen LogP contribution in [0, 0.1) is 18.8 Å². The highest BCUT2D eigenvalue weighted by molar-refractivity contribution is 7.15. The Bertz CT molecular complexity index is 1500. The SMILES string of the molecule is Cc1ccc(-c2cc(C(=O)N3C[C@@H]4C[C@H](C3)[C@@H]3CCCC(=O)N[C@H](C)C(=O)N[C@@H](Cc5ccccc5)C(=O)N3C4)n[nH]2)s1. The van der Waals surface area contributed by atoms with E-state index in [1.54, 1.807) is 18.3 Å². The fourth-order valence-corrected chi connectivity index (χ4v) is 7.67. The summed E-state index contributed by atoms with van der Waals surface area (Å²) in [7, 11) is 0. The fraction of sp³-hybridized carbons (Fsp3) is 0.469. The largest absolute Gasteiger partial charge is 0.345 e. The second-order valence-electron chi connectivity index (χ2n) is 12.1. The smallest absolute Gasteiger partial charge is 0.274 e. The molecule has 5 atom stereocenters. The Kier molecular flexibility index (Phi) is 8.34. The molecule has 3 saturated heterocycles. The molecule has 3 aromatic rings. The van der Waals surface area contributed by atoms with Crippen molar-refractivity contribution >= 4 is 35.0 Å². The fourth-order valence-electron chi connectivity index (χ4n) is 6.83. The van der Waals surface area contributed by atoms with E-state index in [-0.39, 0.29) is 47.9 Å². The number of piperidine rings is 2. The normalized spacial score (nSPS) is 26.6. The van der Waals surface area contributed by atoms with E-state index in [4.69, 9.17) is 0 Å². The zero-order valence-corrected chi connectivity index (χ0v) is 25.4. The van der Waals surface area contributed by atoms with Crippen LogP contribution >= 0.6 is 11.3 Å². The zero-order valence-electron chi connectivity index (χ0n) is 24.5. The molecule has 0 saturated carbocycles. The van der Waals surface area contributed by atoms with E-state index >= 15 is 0 Å². The van der Waals surface area contributed by atoms with Crippen LogP contribution in [0.1, 0.15) is 53.5 Å². The van der Waals surface area contributed by atoms with Crippen LogP contribution in [-0.4, -0.2) is 81.4 Å². The molecule has 6 rings (SSSR count). The number of hydrogen-bond donors (Lipinski definition) is 3. The van der Waals surface area contributed by atoms with Gasteiger partial charge in [-0.15, -0.1) is 11.3 Å². The molecule has 226 valence electrons. The minimum atomic E-state index is -0.754. The number of nitrogens with zero attached hydrogens (tertiary/aromatic N) is 3. The van der Waals surface area contributed by atoms with E-state index in [2.05, 4.69) is 20.8 Å². The van der Waals surface area contributed by atoms with Crippen molar-refractivity contribution < 1.29 is 19.2 Å². The van der Waals surface area contributed by atoms with E-state index < -0.39 is 12.1 Å². The number of benzene rings is 1. The van der Waals surface area contributed by atoms with Crippen molar-refractivity contribution in [2.45, 2.75) is 64.1 Å². The maximum Gasteiger partial charge on any atom is 0.274 e. The van der Waals surface area contributed by atoms with Gasteiger partial charge in [0.05, 0.1) is 10.6 Å². The summed E-state index contributed by atoms with van der Waals surface area (Å²) in [6.45, 7) is 5.26. The lowest BCUT2D eigenvalue weighted by Crippen LogP contribution is -2.63. The van der Waals surface area contributed by atoms with Crippen molar-refractivity contribution in [3.63, 3.8) is 0 Å². The molecule has 0 radical (unpaired) electrons. The Labute approximate surface area is 255 Å². The molecule has 10 nitrogen and oxygen atoms in total. The number of nitrogens with one attached hydrogen (secondary N) is 3. The van der Waals surface area contributed by atoms with E-state index in [0.717, 1.165) is 22.6 Å². The van der Waals surface area contributed by atoms with E-state index in [1.807, 2.05) is 65.3 Å². The molecule has 43 heavy (non-hydrogen) atoms. The second kappa shape index (κ2) is 12.3. The summed E-state index contributed by atoms with van der Waals surface area (Å²) in [5.74, 6) is -0.573. The van der Waals surface area contributed by atoms with Gasteiger partial charge in [0.1, 0.15) is 12.1 Å². The number of amides is 4.